The summed E-state index contributed by atoms with van der Waals surface area (Å²) in [6, 6.07) is 9.78. The normalized spacial score (nSPS) is 17.1. The fourth-order valence-electron chi connectivity index (χ4n) is 3.28. The number of pyridine rings is 2. The molecule has 1 saturated heterocycles. The first-order valence-corrected chi connectivity index (χ1v) is 10.6. The van der Waals surface area contributed by atoms with Gasteiger partial charge in [-0.25, -0.2) is 15.0 Å². The number of nitrogens with one attached hydrogen (secondary N) is 1. The maximum absolute atomic E-state index is 11.2. The van der Waals surface area contributed by atoms with Gasteiger partial charge in [0.2, 0.25) is 5.91 Å². The number of carbonyl (C=O) groups is 1. The zero-order valence-electron chi connectivity index (χ0n) is 16.9. The van der Waals surface area contributed by atoms with E-state index in [0.717, 1.165) is 45.9 Å². The summed E-state index contributed by atoms with van der Waals surface area (Å²) in [5.41, 5.74) is 7.28. The quantitative estimate of drug-likeness (QED) is 0.600. The molecule has 1 aliphatic rings. The molecule has 4 heterocycles. The zero-order valence-corrected chi connectivity index (χ0v) is 17.7. The molecule has 30 heavy (non-hydrogen) atoms. The Balaban J connectivity index is 1.43. The van der Waals surface area contributed by atoms with Crippen LogP contribution in [0.2, 0.25) is 0 Å². The molecule has 2 atom stereocenters. The molecule has 1 fully saturated rings. The van der Waals surface area contributed by atoms with E-state index in [-0.39, 0.29) is 6.10 Å². The number of thiazole rings is 1. The average molecular weight is 425 g/mol. The summed E-state index contributed by atoms with van der Waals surface area (Å²) in [5, 5.41) is 4.17. The second kappa shape index (κ2) is 8.76. The standard InChI is InChI=1S/C21H24N6O2S/c1-13-6-8-23-19(10-13)26-18-5-3-4-16(25-18)17-11-24-21(30-17)27-9-7-15(12-27)29-14(2)20(22)28/h3-6,8,10-11,14-15H,7,9,12H2,1-2H3,(H2,22,28)(H,23,25,26). The van der Waals surface area contributed by atoms with Crippen LogP contribution >= 0.6 is 11.3 Å². The highest BCUT2D eigenvalue weighted by molar-refractivity contribution is 7.18. The third-order valence-corrected chi connectivity index (χ3v) is 5.96. The Hall–Kier alpha value is -3.04. The van der Waals surface area contributed by atoms with Crippen molar-refractivity contribution in [2.45, 2.75) is 32.5 Å². The SMILES string of the molecule is Cc1ccnc(Nc2cccc(-c3cnc(N4CCC(OC(C)C(N)=O)C4)s3)n2)c1. The van der Waals surface area contributed by atoms with Crippen molar-refractivity contribution in [2.75, 3.05) is 23.3 Å². The maximum atomic E-state index is 11.2. The summed E-state index contributed by atoms with van der Waals surface area (Å²) in [6.07, 6.45) is 3.86. The molecule has 0 bridgehead atoms. The Morgan fingerprint density at radius 1 is 1.33 bits per heavy atom. The number of aromatic nitrogens is 3. The van der Waals surface area contributed by atoms with Crippen LogP contribution in [0.15, 0.2) is 42.7 Å². The lowest BCUT2D eigenvalue weighted by Crippen LogP contribution is -2.33. The predicted octanol–water partition coefficient (Wildman–Crippen LogP) is 3.12. The topological polar surface area (TPSA) is 106 Å². The van der Waals surface area contributed by atoms with E-state index in [0.29, 0.717) is 6.54 Å². The van der Waals surface area contributed by atoms with Crippen LogP contribution in [0.4, 0.5) is 16.8 Å². The van der Waals surface area contributed by atoms with Gasteiger partial charge in [0.15, 0.2) is 5.13 Å². The van der Waals surface area contributed by atoms with Gasteiger partial charge in [-0.3, -0.25) is 4.79 Å². The van der Waals surface area contributed by atoms with E-state index in [9.17, 15) is 4.79 Å². The second-order valence-electron chi connectivity index (χ2n) is 7.30. The van der Waals surface area contributed by atoms with E-state index in [1.165, 1.54) is 0 Å². The number of hydrogen-bond donors (Lipinski definition) is 2. The van der Waals surface area contributed by atoms with Crippen molar-refractivity contribution in [1.82, 2.24) is 15.0 Å². The third kappa shape index (κ3) is 4.74. The lowest BCUT2D eigenvalue weighted by molar-refractivity contribution is -0.131. The Bertz CT molecular complexity index is 1040. The molecule has 3 aromatic heterocycles. The van der Waals surface area contributed by atoms with Crippen molar-refractivity contribution in [3.8, 4) is 10.6 Å². The van der Waals surface area contributed by atoms with Gasteiger partial charge in [-0.2, -0.15) is 0 Å². The number of carbonyl (C=O) groups excluding carboxylic acids is 1. The molecule has 0 aromatic carbocycles. The van der Waals surface area contributed by atoms with E-state index in [1.807, 2.05) is 43.5 Å². The van der Waals surface area contributed by atoms with Gasteiger partial charge >= 0.3 is 0 Å². The minimum Gasteiger partial charge on any atom is -0.367 e. The molecule has 156 valence electrons. The van der Waals surface area contributed by atoms with Gasteiger partial charge in [-0.15, -0.1) is 0 Å². The first kappa shape index (κ1) is 20.2. The molecule has 0 saturated carbocycles. The summed E-state index contributed by atoms with van der Waals surface area (Å²) in [6.45, 7) is 5.24. The molecule has 4 rings (SSSR count). The van der Waals surface area contributed by atoms with Gasteiger partial charge in [0.1, 0.15) is 17.7 Å². The van der Waals surface area contributed by atoms with Gasteiger partial charge in [0.25, 0.3) is 0 Å². The van der Waals surface area contributed by atoms with Gasteiger partial charge in [0, 0.05) is 25.5 Å². The van der Waals surface area contributed by atoms with Crippen LogP contribution in [0.25, 0.3) is 10.6 Å². The molecular weight excluding hydrogens is 400 g/mol. The fraction of sp³-hybridized carbons (Fsp3) is 0.333. The number of rotatable bonds is 7. The maximum Gasteiger partial charge on any atom is 0.246 e. The van der Waals surface area contributed by atoms with Crippen LogP contribution in [0.3, 0.4) is 0 Å². The number of nitrogens with zero attached hydrogens (tertiary/aromatic N) is 4. The average Bonchev–Trinajstić information content (AvgIpc) is 3.37. The minimum absolute atomic E-state index is 0.0210. The number of primary amides is 1. The lowest BCUT2D eigenvalue weighted by Gasteiger charge is -2.17. The summed E-state index contributed by atoms with van der Waals surface area (Å²) in [4.78, 5) is 28.0. The summed E-state index contributed by atoms with van der Waals surface area (Å²) < 4.78 is 5.73. The first-order chi connectivity index (χ1) is 14.5. The number of hydrogen-bond acceptors (Lipinski definition) is 8. The Kier molecular flexibility index (Phi) is 5.91. The molecule has 0 radical (unpaired) electrons. The molecule has 0 spiro atoms. The van der Waals surface area contributed by atoms with Gasteiger partial charge in [0.05, 0.1) is 16.7 Å². The summed E-state index contributed by atoms with van der Waals surface area (Å²) in [7, 11) is 0. The lowest BCUT2D eigenvalue weighted by atomic mass is 10.3. The van der Waals surface area contributed by atoms with E-state index < -0.39 is 12.0 Å². The molecule has 0 aliphatic carbocycles. The third-order valence-electron chi connectivity index (χ3n) is 4.88. The van der Waals surface area contributed by atoms with Crippen molar-refractivity contribution < 1.29 is 9.53 Å². The Morgan fingerprint density at radius 2 is 2.20 bits per heavy atom. The van der Waals surface area contributed by atoms with Gasteiger partial charge in [-0.1, -0.05) is 17.4 Å². The highest BCUT2D eigenvalue weighted by Gasteiger charge is 2.28. The number of ether oxygens (including phenoxy) is 1. The number of amides is 1. The number of nitrogens with two attached hydrogens (primary N) is 1. The van der Waals surface area contributed by atoms with E-state index in [2.05, 4.69) is 20.2 Å². The molecule has 1 aliphatic heterocycles. The van der Waals surface area contributed by atoms with Gasteiger partial charge < -0.3 is 20.7 Å². The minimum atomic E-state index is -0.580. The van der Waals surface area contributed by atoms with Crippen molar-refractivity contribution in [3.05, 3.63) is 48.3 Å². The van der Waals surface area contributed by atoms with E-state index >= 15 is 0 Å². The Labute approximate surface area is 179 Å². The van der Waals surface area contributed by atoms with Crippen LogP contribution in [0.1, 0.15) is 18.9 Å². The number of aryl methyl sites for hydroxylation is 1. The molecule has 3 N–H and O–H groups in total. The molecule has 8 nitrogen and oxygen atoms in total. The highest BCUT2D eigenvalue weighted by Crippen LogP contribution is 2.33. The molecular formula is C21H24N6O2S. The first-order valence-electron chi connectivity index (χ1n) is 9.80. The molecule has 2 unspecified atom stereocenters. The van der Waals surface area contributed by atoms with Crippen molar-refractivity contribution in [3.63, 3.8) is 0 Å². The predicted molar refractivity (Wildman–Crippen MR) is 118 cm³/mol. The van der Waals surface area contributed by atoms with E-state index in [1.54, 1.807) is 24.5 Å². The molecule has 3 aromatic rings. The van der Waals surface area contributed by atoms with Crippen molar-refractivity contribution in [1.29, 1.82) is 0 Å². The van der Waals surface area contributed by atoms with Crippen LogP contribution in [-0.4, -0.2) is 46.2 Å². The van der Waals surface area contributed by atoms with Crippen LogP contribution < -0.4 is 16.0 Å². The van der Waals surface area contributed by atoms with Crippen molar-refractivity contribution in [2.24, 2.45) is 5.73 Å². The summed E-state index contributed by atoms with van der Waals surface area (Å²) in [5.74, 6) is 1.05. The number of anilines is 3. The fourth-order valence-corrected chi connectivity index (χ4v) is 4.20. The van der Waals surface area contributed by atoms with Crippen molar-refractivity contribution >= 4 is 34.0 Å². The van der Waals surface area contributed by atoms with Crippen LogP contribution in [0, 0.1) is 6.92 Å². The Morgan fingerprint density at radius 3 is 3.00 bits per heavy atom. The van der Waals surface area contributed by atoms with Crippen LogP contribution in [0.5, 0.6) is 0 Å². The smallest absolute Gasteiger partial charge is 0.246 e. The largest absolute Gasteiger partial charge is 0.367 e. The van der Waals surface area contributed by atoms with Crippen LogP contribution in [-0.2, 0) is 9.53 Å². The molecule has 9 heteroatoms. The second-order valence-corrected chi connectivity index (χ2v) is 8.31. The highest BCUT2D eigenvalue weighted by atomic mass is 32.1. The van der Waals surface area contributed by atoms with E-state index in [4.69, 9.17) is 15.5 Å². The molecule has 1 amide bonds. The summed E-state index contributed by atoms with van der Waals surface area (Å²) >= 11 is 1.59. The monoisotopic (exact) mass is 424 g/mol. The van der Waals surface area contributed by atoms with Gasteiger partial charge in [-0.05, 0) is 50.1 Å². The zero-order chi connectivity index (χ0) is 21.1.